The molecule has 39 heavy (non-hydrogen) atoms. The van der Waals surface area contributed by atoms with E-state index in [0.717, 1.165) is 39.5 Å². The maximum Gasteiger partial charge on any atom is 0.264 e. The second-order valence-corrected chi connectivity index (χ2v) is 11.6. The zero-order valence-corrected chi connectivity index (χ0v) is 23.8. The van der Waals surface area contributed by atoms with Crippen molar-refractivity contribution in [2.24, 2.45) is 0 Å². The Morgan fingerprint density at radius 2 is 1.54 bits per heavy atom. The van der Waals surface area contributed by atoms with Crippen LogP contribution in [0.2, 0.25) is 0 Å². The Morgan fingerprint density at radius 1 is 0.923 bits per heavy atom. The van der Waals surface area contributed by atoms with Crippen LogP contribution in [0.1, 0.15) is 43.9 Å². The van der Waals surface area contributed by atoms with Gasteiger partial charge in [0.25, 0.3) is 10.0 Å². The number of amides is 2. The van der Waals surface area contributed by atoms with Crippen LogP contribution >= 0.6 is 0 Å². The first-order valence-corrected chi connectivity index (χ1v) is 14.4. The first-order chi connectivity index (χ1) is 18.4. The average molecular weight is 554 g/mol. The van der Waals surface area contributed by atoms with E-state index < -0.39 is 34.3 Å². The Balaban J connectivity index is 2.03. The minimum absolute atomic E-state index is 0.0849. The van der Waals surface area contributed by atoms with Crippen LogP contribution in [0.4, 0.5) is 10.1 Å². The van der Waals surface area contributed by atoms with Gasteiger partial charge in [-0.05, 0) is 81.6 Å². The zero-order valence-electron chi connectivity index (χ0n) is 23.0. The van der Waals surface area contributed by atoms with Gasteiger partial charge in [0.1, 0.15) is 18.4 Å². The summed E-state index contributed by atoms with van der Waals surface area (Å²) in [7, 11) is -4.24. The number of aryl methyl sites for hydroxylation is 2. The van der Waals surface area contributed by atoms with E-state index in [-0.39, 0.29) is 29.1 Å². The number of carbonyl (C=O) groups is 2. The van der Waals surface area contributed by atoms with Crippen LogP contribution in [0, 0.1) is 19.7 Å². The Kier molecular flexibility index (Phi) is 9.86. The lowest BCUT2D eigenvalue weighted by atomic mass is 10.1. The van der Waals surface area contributed by atoms with E-state index in [9.17, 15) is 22.4 Å². The van der Waals surface area contributed by atoms with Crippen LogP contribution in [-0.4, -0.2) is 43.8 Å². The van der Waals surface area contributed by atoms with E-state index >= 15 is 0 Å². The Labute approximate surface area is 230 Å². The Morgan fingerprint density at radius 3 is 2.13 bits per heavy atom. The van der Waals surface area contributed by atoms with E-state index in [0.29, 0.717) is 0 Å². The molecule has 3 rings (SSSR count). The maximum absolute atomic E-state index is 13.9. The molecule has 0 aliphatic carbocycles. The lowest BCUT2D eigenvalue weighted by Crippen LogP contribution is -2.52. The van der Waals surface area contributed by atoms with Crippen molar-refractivity contribution in [2.45, 2.75) is 64.6 Å². The number of hydrogen-bond acceptors (Lipinski definition) is 4. The monoisotopic (exact) mass is 553 g/mol. The number of nitrogens with one attached hydrogen (secondary N) is 1. The fourth-order valence-electron chi connectivity index (χ4n) is 3.99. The van der Waals surface area contributed by atoms with Gasteiger partial charge >= 0.3 is 0 Å². The van der Waals surface area contributed by atoms with E-state index in [1.165, 1.54) is 17.0 Å². The third-order valence-corrected chi connectivity index (χ3v) is 8.56. The highest BCUT2D eigenvalue weighted by atomic mass is 32.2. The minimum atomic E-state index is -4.24. The van der Waals surface area contributed by atoms with Crippen LogP contribution in [-0.2, 0) is 26.2 Å². The van der Waals surface area contributed by atoms with Crippen molar-refractivity contribution in [1.82, 2.24) is 10.2 Å². The van der Waals surface area contributed by atoms with Crippen molar-refractivity contribution in [3.05, 3.63) is 95.3 Å². The van der Waals surface area contributed by atoms with Crippen molar-refractivity contribution < 1.29 is 22.4 Å². The van der Waals surface area contributed by atoms with Crippen LogP contribution in [0.15, 0.2) is 77.7 Å². The molecule has 0 aliphatic rings. The number of halogens is 1. The first kappa shape index (κ1) is 29.8. The topological polar surface area (TPSA) is 86.8 Å². The lowest BCUT2D eigenvalue weighted by molar-refractivity contribution is -0.139. The lowest BCUT2D eigenvalue weighted by Gasteiger charge is -2.32. The molecule has 0 spiro atoms. The fourth-order valence-corrected chi connectivity index (χ4v) is 5.41. The largest absolute Gasteiger partial charge is 0.352 e. The highest BCUT2D eigenvalue weighted by Crippen LogP contribution is 2.25. The molecule has 7 nitrogen and oxygen atoms in total. The van der Waals surface area contributed by atoms with E-state index in [2.05, 4.69) is 5.32 Å². The Hall–Kier alpha value is -3.72. The van der Waals surface area contributed by atoms with E-state index in [1.807, 2.05) is 52.0 Å². The third-order valence-electron chi connectivity index (χ3n) is 6.77. The molecule has 9 heteroatoms. The van der Waals surface area contributed by atoms with Crippen LogP contribution < -0.4 is 9.62 Å². The number of rotatable bonds is 11. The molecule has 0 aromatic heterocycles. The summed E-state index contributed by atoms with van der Waals surface area (Å²) in [6.45, 7) is 8.83. The van der Waals surface area contributed by atoms with Gasteiger partial charge < -0.3 is 10.2 Å². The van der Waals surface area contributed by atoms with Crippen LogP contribution in [0.3, 0.4) is 0 Å². The molecule has 3 aromatic rings. The zero-order chi connectivity index (χ0) is 28.7. The van der Waals surface area contributed by atoms with Gasteiger partial charge in [-0.15, -0.1) is 0 Å². The summed E-state index contributed by atoms with van der Waals surface area (Å²) in [6, 6.07) is 17.8. The maximum atomic E-state index is 13.9. The highest BCUT2D eigenvalue weighted by molar-refractivity contribution is 7.92. The van der Waals surface area contributed by atoms with Crippen molar-refractivity contribution in [3.8, 4) is 0 Å². The molecule has 2 amide bonds. The molecule has 2 atom stereocenters. The molecular formula is C30H36FN3O4S. The van der Waals surface area contributed by atoms with Gasteiger partial charge in [-0.25, -0.2) is 12.8 Å². The summed E-state index contributed by atoms with van der Waals surface area (Å²) in [6.07, 6.45) is 0.724. The van der Waals surface area contributed by atoms with Crippen molar-refractivity contribution >= 4 is 27.5 Å². The predicted octanol–water partition coefficient (Wildman–Crippen LogP) is 4.97. The van der Waals surface area contributed by atoms with E-state index in [1.54, 1.807) is 31.2 Å². The molecule has 0 bridgehead atoms. The van der Waals surface area contributed by atoms with Gasteiger partial charge in [-0.1, -0.05) is 48.9 Å². The number of sulfonamides is 1. The fraction of sp³-hybridized carbons (Fsp3) is 0.333. The molecule has 0 aliphatic heterocycles. The molecule has 1 N–H and O–H groups in total. The summed E-state index contributed by atoms with van der Waals surface area (Å²) in [4.78, 5) is 28.3. The van der Waals surface area contributed by atoms with Crippen LogP contribution in [0.5, 0.6) is 0 Å². The summed E-state index contributed by atoms with van der Waals surface area (Å²) in [5.74, 6) is -1.44. The minimum Gasteiger partial charge on any atom is -0.352 e. The Bertz CT molecular complexity index is 1390. The number of nitrogens with zero attached hydrogens (tertiary/aromatic N) is 2. The SMILES string of the molecule is CC[C@H](C)NC(=O)[C@H](C)N(Cc1ccccc1C)C(=O)CN(c1ccc(C)cc1)S(=O)(=O)c1ccc(F)cc1. The molecule has 0 radical (unpaired) electrons. The average Bonchev–Trinajstić information content (AvgIpc) is 2.91. The van der Waals surface area contributed by atoms with Crippen molar-refractivity contribution in [2.75, 3.05) is 10.8 Å². The number of anilines is 1. The number of hydrogen-bond donors (Lipinski definition) is 1. The highest BCUT2D eigenvalue weighted by Gasteiger charge is 2.33. The van der Waals surface area contributed by atoms with Gasteiger partial charge in [-0.3, -0.25) is 13.9 Å². The second-order valence-electron chi connectivity index (χ2n) is 9.74. The molecule has 3 aromatic carbocycles. The molecule has 0 saturated heterocycles. The predicted molar refractivity (Wildman–Crippen MR) is 151 cm³/mol. The molecular weight excluding hydrogens is 517 g/mol. The summed E-state index contributed by atoms with van der Waals surface area (Å²) in [5, 5.41) is 2.92. The summed E-state index contributed by atoms with van der Waals surface area (Å²) in [5.41, 5.74) is 2.99. The quantitative estimate of drug-likeness (QED) is 0.363. The van der Waals surface area contributed by atoms with Gasteiger partial charge in [0.05, 0.1) is 10.6 Å². The normalized spacial score (nSPS) is 12.9. The molecule has 0 fully saturated rings. The molecule has 208 valence electrons. The number of carbonyl (C=O) groups excluding carboxylic acids is 2. The van der Waals surface area contributed by atoms with Crippen molar-refractivity contribution in [1.29, 1.82) is 0 Å². The summed E-state index contributed by atoms with van der Waals surface area (Å²) >= 11 is 0. The molecule has 0 heterocycles. The van der Waals surface area contributed by atoms with E-state index in [4.69, 9.17) is 0 Å². The van der Waals surface area contributed by atoms with Gasteiger partial charge in [0.15, 0.2) is 0 Å². The standard InChI is InChI=1S/C30H36FN3O4S/c1-6-23(4)32-30(36)24(5)33(19-25-10-8-7-9-22(25)3)29(35)20-34(27-15-11-21(2)12-16-27)39(37,38)28-17-13-26(31)14-18-28/h7-18,23-24H,6,19-20H2,1-5H3,(H,32,36)/t23-,24-/m0/s1. The third kappa shape index (κ3) is 7.44. The van der Waals surface area contributed by atoms with Crippen molar-refractivity contribution in [3.63, 3.8) is 0 Å². The van der Waals surface area contributed by atoms with Gasteiger partial charge in [0, 0.05) is 12.6 Å². The first-order valence-electron chi connectivity index (χ1n) is 12.9. The second kappa shape index (κ2) is 12.9. The smallest absolute Gasteiger partial charge is 0.264 e. The van der Waals surface area contributed by atoms with Gasteiger partial charge in [0.2, 0.25) is 11.8 Å². The number of benzene rings is 3. The molecule has 0 unspecified atom stereocenters. The van der Waals surface area contributed by atoms with Crippen LogP contribution in [0.25, 0.3) is 0 Å². The summed E-state index contributed by atoms with van der Waals surface area (Å²) < 4.78 is 42.1. The molecule has 0 saturated carbocycles. The van der Waals surface area contributed by atoms with Gasteiger partial charge in [-0.2, -0.15) is 0 Å².